The molecule has 0 bridgehead atoms. The first kappa shape index (κ1) is 3.38. The Bertz CT molecular complexity index is 127. The van der Waals surface area contributed by atoms with Crippen LogP contribution in [-0.4, -0.2) is 12.4 Å². The average Bonchev–Trinajstić information content (AvgIpc) is 1.31. The summed E-state index contributed by atoms with van der Waals surface area (Å²) in [5, 5.41) is 0. The van der Waals surface area contributed by atoms with Crippen LogP contribution in [-0.2, 0) is 0 Å². The molecule has 0 heterocycles. The van der Waals surface area contributed by atoms with E-state index in [-0.39, 0.29) is 0 Å². The maximum absolute atomic E-state index is 3.67. The van der Waals surface area contributed by atoms with Crippen molar-refractivity contribution in [2.24, 2.45) is 0 Å². The molecule has 1 nitrogen and oxygen atoms in total. The largest absolute Gasteiger partial charge is 0.306 e. The van der Waals surface area contributed by atoms with Crippen LogP contribution in [0.2, 0.25) is 0 Å². The predicted molar refractivity (Wildman–Crippen MR) is 28.0 cm³/mol. The van der Waals surface area contributed by atoms with E-state index >= 15 is 0 Å². The van der Waals surface area contributed by atoms with Crippen molar-refractivity contribution in [3.05, 3.63) is 12.2 Å². The maximum atomic E-state index is 3.67. The van der Waals surface area contributed by atoms with Crippen LogP contribution in [0.1, 0.15) is 6.42 Å². The van der Waals surface area contributed by atoms with Crippen molar-refractivity contribution >= 4 is 12.4 Å². The number of hydrogen-bond acceptors (Lipinski definition) is 0. The molecule has 1 aliphatic carbocycles. The Morgan fingerprint density at radius 1 is 1.83 bits per heavy atom. The fourth-order valence-electron chi connectivity index (χ4n) is 0.341. The molecule has 0 amide bonds. The lowest BCUT2D eigenvalue weighted by molar-refractivity contribution is 1.38. The fourth-order valence-corrected chi connectivity index (χ4v) is 0.341. The van der Waals surface area contributed by atoms with E-state index < -0.39 is 0 Å². The van der Waals surface area contributed by atoms with Gasteiger partial charge in [0.15, 0.2) is 0 Å². The molecule has 0 unspecified atom stereocenters. The molecule has 1 heteroatoms. The summed E-state index contributed by atoms with van der Waals surface area (Å²) in [6, 6.07) is 0. The Morgan fingerprint density at radius 3 is 2.50 bits per heavy atom. The third-order valence-corrected chi connectivity index (χ3v) is 0.840. The monoisotopic (exact) mass is 80.0 g/mol. The molecule has 6 heavy (non-hydrogen) atoms. The molecule has 0 atom stereocenters. The second kappa shape index (κ2) is 1.11. The highest BCUT2D eigenvalue weighted by Gasteiger charge is 2.07. The van der Waals surface area contributed by atoms with Gasteiger partial charge in [-0.3, -0.25) is 0 Å². The van der Waals surface area contributed by atoms with Gasteiger partial charge in [0.2, 0.25) is 0 Å². The Balaban J connectivity index is 2.86. The van der Waals surface area contributed by atoms with Crippen LogP contribution >= 0.6 is 0 Å². The zero-order valence-corrected chi connectivity index (χ0v) is 3.52. The molecular formula is C5H6N+. The molecule has 1 rings (SSSR count). The molecule has 0 aromatic carbocycles. The van der Waals surface area contributed by atoms with Crippen LogP contribution in [0.5, 0.6) is 0 Å². The number of nitrogens with zero attached hydrogens (tertiary/aromatic N) is 1. The minimum atomic E-state index is 1.02. The summed E-state index contributed by atoms with van der Waals surface area (Å²) in [6.45, 7) is 3.34. The molecule has 0 saturated heterocycles. The van der Waals surface area contributed by atoms with E-state index in [0.717, 1.165) is 12.1 Å². The highest BCUT2D eigenvalue weighted by molar-refractivity contribution is 6.01. The Morgan fingerprint density at radius 2 is 2.50 bits per heavy atom. The number of rotatable bonds is 0. The summed E-state index contributed by atoms with van der Waals surface area (Å²) < 4.78 is 3.67. The van der Waals surface area contributed by atoms with Gasteiger partial charge in [-0.1, -0.05) is 6.08 Å². The van der Waals surface area contributed by atoms with Crippen molar-refractivity contribution in [1.29, 1.82) is 0 Å². The standard InChI is InChI=1S/C5H6N/c1-6-5-3-2-4-5/h2-3H,1,4H2/q+1. The summed E-state index contributed by atoms with van der Waals surface area (Å²) >= 11 is 0. The normalized spacial score (nSPS) is 16.3. The number of allylic oxidation sites excluding steroid dienone is 2. The first-order valence-electron chi connectivity index (χ1n) is 1.92. The lowest BCUT2D eigenvalue weighted by Gasteiger charge is -1.86. The van der Waals surface area contributed by atoms with E-state index in [0.29, 0.717) is 0 Å². The van der Waals surface area contributed by atoms with Crippen molar-refractivity contribution in [3.63, 3.8) is 0 Å². The van der Waals surface area contributed by atoms with Gasteiger partial charge in [-0.25, -0.2) is 0 Å². The molecule has 0 saturated carbocycles. The smallest absolute Gasteiger partial charge is 0.105 e. The lowest BCUT2D eigenvalue weighted by atomic mass is 10.1. The van der Waals surface area contributed by atoms with Gasteiger partial charge in [-0.05, 0) is 0 Å². The summed E-state index contributed by atoms with van der Waals surface area (Å²) in [5.41, 5.74) is 1.11. The van der Waals surface area contributed by atoms with Gasteiger partial charge in [0.1, 0.15) is 0 Å². The fraction of sp³-hybridized carbons (Fsp3) is 0.200. The summed E-state index contributed by atoms with van der Waals surface area (Å²) in [5.74, 6) is 0. The van der Waals surface area contributed by atoms with Crippen LogP contribution in [0, 0.1) is 0 Å². The van der Waals surface area contributed by atoms with Crippen molar-refractivity contribution in [3.8, 4) is 0 Å². The lowest BCUT2D eigenvalue weighted by Crippen LogP contribution is -2.02. The molecule has 0 spiro atoms. The second-order valence-corrected chi connectivity index (χ2v) is 1.26. The molecule has 0 aromatic rings. The zero-order valence-electron chi connectivity index (χ0n) is 3.52. The quantitative estimate of drug-likeness (QED) is 0.290. The van der Waals surface area contributed by atoms with Crippen molar-refractivity contribution in [2.75, 3.05) is 0 Å². The van der Waals surface area contributed by atoms with Gasteiger partial charge in [-0.2, -0.15) is 0 Å². The molecular weight excluding hydrogens is 74.1 g/mol. The highest BCUT2D eigenvalue weighted by Crippen LogP contribution is 1.96. The minimum absolute atomic E-state index is 1.02. The van der Waals surface area contributed by atoms with Crippen molar-refractivity contribution in [2.45, 2.75) is 6.42 Å². The summed E-state index contributed by atoms with van der Waals surface area (Å²) in [7, 11) is 0. The van der Waals surface area contributed by atoms with E-state index in [9.17, 15) is 0 Å². The van der Waals surface area contributed by atoms with Crippen molar-refractivity contribution in [1.82, 2.24) is 4.67 Å². The molecule has 0 aliphatic heterocycles. The predicted octanol–water partition coefficient (Wildman–Crippen LogP) is 0.155. The van der Waals surface area contributed by atoms with Crippen LogP contribution in [0.25, 0.3) is 0 Å². The van der Waals surface area contributed by atoms with Gasteiger partial charge >= 0.3 is 5.71 Å². The van der Waals surface area contributed by atoms with E-state index in [1.165, 1.54) is 0 Å². The highest BCUT2D eigenvalue weighted by atomic mass is 14.5. The topological polar surface area (TPSA) is 14.1 Å². The summed E-state index contributed by atoms with van der Waals surface area (Å²) in [4.78, 5) is 0. The Labute approximate surface area is 36.7 Å². The van der Waals surface area contributed by atoms with Crippen LogP contribution in [0.15, 0.2) is 12.2 Å². The van der Waals surface area contributed by atoms with Crippen LogP contribution in [0.4, 0.5) is 0 Å². The molecule has 30 valence electrons. The first-order chi connectivity index (χ1) is 2.93. The maximum Gasteiger partial charge on any atom is 0.306 e. The molecule has 0 aromatic heterocycles. The van der Waals surface area contributed by atoms with E-state index in [1.807, 2.05) is 6.08 Å². The van der Waals surface area contributed by atoms with Gasteiger partial charge in [-0.15, -0.1) is 4.67 Å². The van der Waals surface area contributed by atoms with Gasteiger partial charge in [0.05, 0.1) is 6.42 Å². The van der Waals surface area contributed by atoms with Gasteiger partial charge in [0, 0.05) is 6.08 Å². The third kappa shape index (κ3) is 0.296. The Hall–Kier alpha value is -0.810. The zero-order chi connectivity index (χ0) is 4.41. The first-order valence-corrected chi connectivity index (χ1v) is 1.92. The molecule has 0 fully saturated rings. The van der Waals surface area contributed by atoms with E-state index in [1.54, 1.807) is 0 Å². The van der Waals surface area contributed by atoms with Gasteiger partial charge < -0.3 is 0 Å². The SMILES string of the molecule is C=[N+]=C1C=CC1. The second-order valence-electron chi connectivity index (χ2n) is 1.26. The number of hydrogen-bond donors (Lipinski definition) is 0. The molecule has 1 aliphatic rings. The average molecular weight is 80.1 g/mol. The van der Waals surface area contributed by atoms with Crippen LogP contribution in [0.3, 0.4) is 0 Å². The molecule has 0 N–H and O–H groups in total. The summed E-state index contributed by atoms with van der Waals surface area (Å²) in [6.07, 6.45) is 5.04. The Kier molecular flexibility index (Phi) is 0.627. The van der Waals surface area contributed by atoms with Crippen molar-refractivity contribution < 1.29 is 0 Å². The van der Waals surface area contributed by atoms with E-state index in [2.05, 4.69) is 17.5 Å². The third-order valence-electron chi connectivity index (χ3n) is 0.840. The van der Waals surface area contributed by atoms with Crippen LogP contribution < -0.4 is 4.67 Å². The molecule has 0 radical (unpaired) electrons. The minimum Gasteiger partial charge on any atom is -0.105 e. The van der Waals surface area contributed by atoms with E-state index in [4.69, 9.17) is 0 Å². The van der Waals surface area contributed by atoms with Gasteiger partial charge in [0.25, 0.3) is 6.72 Å².